The first-order valence-electron chi connectivity index (χ1n) is 16.0. The normalized spacial score (nSPS) is 14.4. The summed E-state index contributed by atoms with van der Waals surface area (Å²) in [5.74, 6) is -0.819. The molecule has 2 heterocycles. The van der Waals surface area contributed by atoms with E-state index in [9.17, 15) is 27.5 Å². The summed E-state index contributed by atoms with van der Waals surface area (Å²) in [6.07, 6.45) is -0.778. The predicted molar refractivity (Wildman–Crippen MR) is 179 cm³/mol. The number of anilines is 3. The van der Waals surface area contributed by atoms with Gasteiger partial charge in [0, 0.05) is 29.5 Å². The number of hydrogen-bond acceptors (Lipinski definition) is 7. The minimum Gasteiger partial charge on any atom is -0.530 e. The number of carboxylic acid groups (broad SMARTS) is 1. The first-order valence-corrected chi connectivity index (χ1v) is 16.4. The minimum absolute atomic E-state index is 0.0830. The number of hydrogen-bond donors (Lipinski definition) is 1. The van der Waals surface area contributed by atoms with Gasteiger partial charge < -0.3 is 29.8 Å². The van der Waals surface area contributed by atoms with Crippen LogP contribution in [-0.2, 0) is 6.18 Å². The molecule has 8 nitrogen and oxygen atoms in total. The molecule has 1 N–H and O–H groups in total. The van der Waals surface area contributed by atoms with Gasteiger partial charge in [-0.1, -0.05) is 35.7 Å². The summed E-state index contributed by atoms with van der Waals surface area (Å²) >= 11 is 6.50. The summed E-state index contributed by atoms with van der Waals surface area (Å²) in [6, 6.07) is 10.5. The summed E-state index contributed by atoms with van der Waals surface area (Å²) in [7, 11) is 0. The second kappa shape index (κ2) is 15.4. The molecule has 49 heavy (non-hydrogen) atoms. The van der Waals surface area contributed by atoms with Crippen LogP contribution in [0.25, 0.3) is 0 Å². The fraction of sp³-hybridized carbons (Fsp3) is 0.361. The molecule has 1 amide bonds. The zero-order chi connectivity index (χ0) is 35.3. The highest BCUT2D eigenvalue weighted by atomic mass is 35.5. The Kier molecular flexibility index (Phi) is 11.3. The molecule has 3 aromatic carbocycles. The van der Waals surface area contributed by atoms with Crippen molar-refractivity contribution in [2.24, 2.45) is 0 Å². The van der Waals surface area contributed by atoms with Crippen LogP contribution in [0.5, 0.6) is 5.75 Å². The van der Waals surface area contributed by atoms with Crippen LogP contribution in [0.3, 0.4) is 0 Å². The molecule has 5 rings (SSSR count). The van der Waals surface area contributed by atoms with Crippen molar-refractivity contribution >= 4 is 35.1 Å². The summed E-state index contributed by atoms with van der Waals surface area (Å²) < 4.78 is 62.3. The third-order valence-corrected chi connectivity index (χ3v) is 8.83. The highest BCUT2D eigenvalue weighted by Crippen LogP contribution is 2.42. The molecule has 0 aliphatic carbocycles. The molecular formula is C36H37ClF4N5O3-. The van der Waals surface area contributed by atoms with Crippen molar-refractivity contribution < 1.29 is 32.2 Å². The number of nitrogens with one attached hydrogen (secondary N) is 1. The molecule has 1 atom stereocenters. The minimum atomic E-state index is -4.72. The van der Waals surface area contributed by atoms with E-state index in [1.165, 1.54) is 43.7 Å². The molecule has 0 saturated carbocycles. The van der Waals surface area contributed by atoms with Crippen LogP contribution in [-0.4, -0.2) is 47.2 Å². The first-order chi connectivity index (χ1) is 23.3. The number of halogens is 5. The Balaban J connectivity index is 1.44. The van der Waals surface area contributed by atoms with Crippen molar-refractivity contribution in [3.8, 4) is 5.75 Å². The quantitative estimate of drug-likeness (QED) is 0.125. The van der Waals surface area contributed by atoms with Crippen LogP contribution in [0.4, 0.5) is 39.8 Å². The number of piperidine rings is 1. The predicted octanol–water partition coefficient (Wildman–Crippen LogP) is 8.15. The Bertz CT molecular complexity index is 1780. The van der Waals surface area contributed by atoms with Crippen LogP contribution in [0.15, 0.2) is 60.8 Å². The number of benzene rings is 3. The largest absolute Gasteiger partial charge is 0.530 e. The van der Waals surface area contributed by atoms with Gasteiger partial charge in [-0.2, -0.15) is 18.2 Å². The summed E-state index contributed by atoms with van der Waals surface area (Å²) in [6.45, 7) is 8.73. The smallest absolute Gasteiger partial charge is 0.416 e. The molecule has 1 fully saturated rings. The Morgan fingerprint density at radius 1 is 1.04 bits per heavy atom. The number of carbonyl (C=O) groups is 1. The van der Waals surface area contributed by atoms with Gasteiger partial charge in [-0.15, -0.1) is 0 Å². The van der Waals surface area contributed by atoms with Crippen LogP contribution < -0.4 is 20.1 Å². The van der Waals surface area contributed by atoms with Crippen molar-refractivity contribution in [1.82, 2.24) is 14.9 Å². The van der Waals surface area contributed by atoms with Gasteiger partial charge in [-0.25, -0.2) is 9.37 Å². The zero-order valence-corrected chi connectivity index (χ0v) is 28.2. The second-order valence-electron chi connectivity index (χ2n) is 12.2. The van der Waals surface area contributed by atoms with Gasteiger partial charge in [0.05, 0.1) is 18.2 Å². The maximum atomic E-state index is 15.0. The molecule has 0 bridgehead atoms. The third-order valence-electron chi connectivity index (χ3n) is 8.48. The van der Waals surface area contributed by atoms with Gasteiger partial charge in [0.1, 0.15) is 11.9 Å². The van der Waals surface area contributed by atoms with E-state index in [1.54, 1.807) is 32.0 Å². The molecule has 1 unspecified atom stereocenters. The monoisotopic (exact) mass is 698 g/mol. The van der Waals surface area contributed by atoms with Gasteiger partial charge in [-0.3, -0.25) is 0 Å². The van der Waals surface area contributed by atoms with Gasteiger partial charge in [-0.05, 0) is 112 Å². The Hall–Kier alpha value is -4.42. The second-order valence-corrected chi connectivity index (χ2v) is 12.6. The van der Waals surface area contributed by atoms with E-state index in [-0.39, 0.29) is 33.8 Å². The topological polar surface area (TPSA) is 93.7 Å². The fourth-order valence-corrected chi connectivity index (χ4v) is 6.55. The highest BCUT2D eigenvalue weighted by Gasteiger charge is 2.35. The van der Waals surface area contributed by atoms with Crippen LogP contribution in [0.2, 0.25) is 5.02 Å². The summed E-state index contributed by atoms with van der Waals surface area (Å²) in [5.41, 5.74) is 1.69. The van der Waals surface area contributed by atoms with Gasteiger partial charge in [0.25, 0.3) is 0 Å². The molecule has 13 heteroatoms. The standard InChI is InChI=1S/C36H38ClF4N5O3/c1-22-18-23(2)32(24(3)19-22)33(27-20-25(36(39,40)41)8-10-28(27)37)46(35(47)48)31-12-13-42-34(44-31)43-26-9-11-30(29(38)21-26)49-17-7-16-45-14-5-4-6-15-45/h8-13,18-21,33H,4-7,14-17H2,1-3H3,(H,47,48)(H,42,43,44)/p-1. The van der Waals surface area contributed by atoms with E-state index < -0.39 is 29.7 Å². The van der Waals surface area contributed by atoms with E-state index in [0.29, 0.717) is 23.3 Å². The highest BCUT2D eigenvalue weighted by molar-refractivity contribution is 6.31. The molecule has 1 saturated heterocycles. The number of likely N-dealkylation sites (tertiary alicyclic amines) is 1. The number of aromatic nitrogens is 2. The number of ether oxygens (including phenoxy) is 1. The lowest BCUT2D eigenvalue weighted by molar-refractivity contribution is -0.247. The Morgan fingerprint density at radius 3 is 2.41 bits per heavy atom. The summed E-state index contributed by atoms with van der Waals surface area (Å²) in [5, 5.41) is 15.7. The average molecular weight is 699 g/mol. The Morgan fingerprint density at radius 2 is 1.76 bits per heavy atom. The number of rotatable bonds is 11. The Labute approximate surface area is 287 Å². The molecular weight excluding hydrogens is 662 g/mol. The lowest BCUT2D eigenvalue weighted by Gasteiger charge is -2.36. The maximum Gasteiger partial charge on any atom is 0.416 e. The molecule has 0 radical (unpaired) electrons. The maximum absolute atomic E-state index is 15.0. The molecule has 1 aromatic heterocycles. The lowest BCUT2D eigenvalue weighted by Crippen LogP contribution is -2.45. The SMILES string of the molecule is Cc1cc(C)c(C(c2cc(C(F)(F)F)ccc2Cl)N(C(=O)[O-])c2ccnc(Nc3ccc(OCCCN4CCCCC4)c(F)c3)n2)c(C)c1. The van der Waals surface area contributed by atoms with Crippen LogP contribution in [0, 0.1) is 26.6 Å². The molecule has 260 valence electrons. The molecule has 4 aromatic rings. The van der Waals surface area contributed by atoms with Crippen molar-refractivity contribution in [3.05, 3.63) is 105 Å². The number of nitrogens with zero attached hydrogens (tertiary/aromatic N) is 4. The lowest BCUT2D eigenvalue weighted by atomic mass is 9.88. The first kappa shape index (κ1) is 35.9. The van der Waals surface area contributed by atoms with E-state index in [2.05, 4.69) is 20.2 Å². The zero-order valence-electron chi connectivity index (χ0n) is 27.4. The average Bonchev–Trinajstić information content (AvgIpc) is 3.03. The van der Waals surface area contributed by atoms with Crippen LogP contribution >= 0.6 is 11.6 Å². The van der Waals surface area contributed by atoms with Crippen molar-refractivity contribution in [3.63, 3.8) is 0 Å². The van der Waals surface area contributed by atoms with Crippen molar-refractivity contribution in [2.75, 3.05) is 36.5 Å². The van der Waals surface area contributed by atoms with Crippen LogP contribution in [0.1, 0.15) is 65.1 Å². The number of alkyl halides is 3. The van der Waals surface area contributed by atoms with Crippen molar-refractivity contribution in [1.29, 1.82) is 0 Å². The van der Waals surface area contributed by atoms with Gasteiger partial charge >= 0.3 is 6.18 Å². The molecule has 0 spiro atoms. The van der Waals surface area contributed by atoms with Gasteiger partial charge in [0.15, 0.2) is 11.6 Å². The summed E-state index contributed by atoms with van der Waals surface area (Å²) in [4.78, 5) is 24.6. The van der Waals surface area contributed by atoms with E-state index >= 15 is 0 Å². The third kappa shape index (κ3) is 8.79. The number of amides is 1. The fourth-order valence-electron chi connectivity index (χ4n) is 6.33. The van der Waals surface area contributed by atoms with E-state index in [4.69, 9.17) is 16.3 Å². The van der Waals surface area contributed by atoms with Crippen molar-refractivity contribution in [2.45, 2.75) is 58.7 Å². The molecule has 1 aliphatic rings. The number of carbonyl (C=O) groups excluding carboxylic acids is 1. The van der Waals surface area contributed by atoms with E-state index in [1.807, 2.05) is 6.92 Å². The van der Waals surface area contributed by atoms with Gasteiger partial charge in [0.2, 0.25) is 5.95 Å². The molecule has 1 aliphatic heterocycles. The van der Waals surface area contributed by atoms with E-state index in [0.717, 1.165) is 54.7 Å². The number of aryl methyl sites for hydroxylation is 3.